The van der Waals surface area contributed by atoms with Crippen molar-refractivity contribution in [3.8, 4) is 0 Å². The molecule has 1 aromatic carbocycles. The lowest BCUT2D eigenvalue weighted by molar-refractivity contribution is 0.0963. The number of hydrogen-bond acceptors (Lipinski definition) is 3. The maximum atomic E-state index is 11.7. The molecule has 4 heteroatoms. The van der Waals surface area contributed by atoms with E-state index in [0.717, 1.165) is 11.6 Å². The summed E-state index contributed by atoms with van der Waals surface area (Å²) in [4.78, 5) is 13.1. The third kappa shape index (κ3) is 2.85. The predicted octanol–water partition coefficient (Wildman–Crippen LogP) is 3.67. The second-order valence-corrected chi connectivity index (χ2v) is 6.11. The van der Waals surface area contributed by atoms with E-state index in [-0.39, 0.29) is 5.91 Å². The van der Waals surface area contributed by atoms with E-state index in [4.69, 9.17) is 0 Å². The molecular weight excluding hydrogens is 268 g/mol. The predicted molar refractivity (Wildman–Crippen MR) is 83.2 cm³/mol. The second-order valence-electron chi connectivity index (χ2n) is 5.13. The van der Waals surface area contributed by atoms with Crippen molar-refractivity contribution in [3.05, 3.63) is 52.2 Å². The Morgan fingerprint density at radius 3 is 2.80 bits per heavy atom. The second kappa shape index (κ2) is 5.67. The number of amides is 1. The topological polar surface area (TPSA) is 41.1 Å². The Bertz CT molecular complexity index is 590. The smallest absolute Gasteiger partial charge is 0.251 e. The summed E-state index contributed by atoms with van der Waals surface area (Å²) < 4.78 is 0. The van der Waals surface area contributed by atoms with Crippen LogP contribution in [0.25, 0.3) is 0 Å². The van der Waals surface area contributed by atoms with Crippen molar-refractivity contribution in [2.45, 2.75) is 18.9 Å². The molecule has 104 valence electrons. The van der Waals surface area contributed by atoms with Crippen LogP contribution in [0.4, 0.5) is 5.69 Å². The number of carbonyl (C=O) groups excluding carboxylic acids is 1. The molecule has 3 nitrogen and oxygen atoms in total. The summed E-state index contributed by atoms with van der Waals surface area (Å²) in [7, 11) is 1.65. The van der Waals surface area contributed by atoms with E-state index in [1.165, 1.54) is 17.7 Å². The first-order valence-corrected chi connectivity index (χ1v) is 7.78. The zero-order valence-electron chi connectivity index (χ0n) is 11.4. The van der Waals surface area contributed by atoms with Gasteiger partial charge in [-0.2, -0.15) is 0 Å². The molecule has 20 heavy (non-hydrogen) atoms. The van der Waals surface area contributed by atoms with E-state index in [2.05, 4.69) is 28.1 Å². The molecule has 1 atom stereocenters. The van der Waals surface area contributed by atoms with Gasteiger partial charge in [-0.05, 0) is 48.4 Å². The molecule has 0 aliphatic heterocycles. The highest BCUT2D eigenvalue weighted by molar-refractivity contribution is 7.10. The summed E-state index contributed by atoms with van der Waals surface area (Å²) in [5.74, 6) is 0.671. The van der Waals surface area contributed by atoms with Crippen molar-refractivity contribution in [1.29, 1.82) is 0 Å². The van der Waals surface area contributed by atoms with E-state index in [1.807, 2.05) is 24.3 Å². The van der Waals surface area contributed by atoms with Gasteiger partial charge in [0.2, 0.25) is 0 Å². The maximum absolute atomic E-state index is 11.7. The zero-order chi connectivity index (χ0) is 13.9. The fourth-order valence-electron chi connectivity index (χ4n) is 2.39. The number of anilines is 1. The van der Waals surface area contributed by atoms with E-state index in [1.54, 1.807) is 18.4 Å². The largest absolute Gasteiger partial charge is 0.377 e. The first kappa shape index (κ1) is 13.2. The monoisotopic (exact) mass is 286 g/mol. The van der Waals surface area contributed by atoms with Crippen molar-refractivity contribution in [3.63, 3.8) is 0 Å². The standard InChI is InChI=1S/C16H18N2OS/c1-17-16(19)12-4-2-5-13(10-12)18-15(11-7-8-11)14-6-3-9-20-14/h2-6,9-11,15,18H,7-8H2,1H3,(H,17,19). The highest BCUT2D eigenvalue weighted by atomic mass is 32.1. The molecule has 1 aliphatic rings. The van der Waals surface area contributed by atoms with E-state index in [0.29, 0.717) is 11.6 Å². The van der Waals surface area contributed by atoms with Crippen LogP contribution in [0.1, 0.15) is 34.1 Å². The molecule has 0 spiro atoms. The molecule has 2 aromatic rings. The van der Waals surface area contributed by atoms with Gasteiger partial charge in [0.15, 0.2) is 0 Å². The Labute approximate surface area is 123 Å². The van der Waals surface area contributed by atoms with Crippen molar-refractivity contribution >= 4 is 22.9 Å². The highest BCUT2D eigenvalue weighted by Gasteiger charge is 2.32. The van der Waals surface area contributed by atoms with Crippen LogP contribution in [0.5, 0.6) is 0 Å². The van der Waals surface area contributed by atoms with E-state index < -0.39 is 0 Å². The summed E-state index contributed by atoms with van der Waals surface area (Å²) in [6.07, 6.45) is 2.56. The molecule has 0 saturated heterocycles. The minimum atomic E-state index is -0.0484. The highest BCUT2D eigenvalue weighted by Crippen LogP contribution is 2.44. The van der Waals surface area contributed by atoms with Gasteiger partial charge >= 0.3 is 0 Å². The van der Waals surface area contributed by atoms with E-state index >= 15 is 0 Å². The van der Waals surface area contributed by atoms with Crippen LogP contribution in [0.2, 0.25) is 0 Å². The first-order chi connectivity index (χ1) is 9.78. The van der Waals surface area contributed by atoms with E-state index in [9.17, 15) is 4.79 Å². The minimum Gasteiger partial charge on any atom is -0.377 e. The number of nitrogens with one attached hydrogen (secondary N) is 2. The fraction of sp³-hybridized carbons (Fsp3) is 0.312. The van der Waals surface area contributed by atoms with Crippen molar-refractivity contribution in [2.24, 2.45) is 5.92 Å². The van der Waals surface area contributed by atoms with Gasteiger partial charge in [-0.25, -0.2) is 0 Å². The molecule has 2 N–H and O–H groups in total. The average Bonchev–Trinajstić information content (AvgIpc) is 3.18. The van der Waals surface area contributed by atoms with Crippen molar-refractivity contribution < 1.29 is 4.79 Å². The number of rotatable bonds is 5. The molecule has 1 unspecified atom stereocenters. The molecule has 1 saturated carbocycles. The quantitative estimate of drug-likeness (QED) is 0.880. The number of thiophene rings is 1. The molecule has 1 heterocycles. The number of hydrogen-bond donors (Lipinski definition) is 2. The Balaban J connectivity index is 1.80. The lowest BCUT2D eigenvalue weighted by Crippen LogP contribution is -2.18. The third-order valence-corrected chi connectivity index (χ3v) is 4.57. The van der Waals surface area contributed by atoms with Gasteiger partial charge in [-0.3, -0.25) is 4.79 Å². The van der Waals surface area contributed by atoms with Crippen molar-refractivity contribution in [1.82, 2.24) is 5.32 Å². The minimum absolute atomic E-state index is 0.0484. The molecule has 1 aliphatic carbocycles. The van der Waals surface area contributed by atoms with Crippen LogP contribution in [0.3, 0.4) is 0 Å². The van der Waals surface area contributed by atoms with Crippen LogP contribution in [0, 0.1) is 5.92 Å². The summed E-state index contributed by atoms with van der Waals surface area (Å²) in [5.41, 5.74) is 1.70. The molecule has 3 rings (SSSR count). The first-order valence-electron chi connectivity index (χ1n) is 6.90. The molecule has 0 bridgehead atoms. The van der Waals surface area contributed by atoms with Gasteiger partial charge in [-0.15, -0.1) is 11.3 Å². The van der Waals surface area contributed by atoms with Gasteiger partial charge in [-0.1, -0.05) is 12.1 Å². The lowest BCUT2D eigenvalue weighted by Gasteiger charge is -2.18. The molecular formula is C16H18N2OS. The van der Waals surface area contributed by atoms with Crippen LogP contribution in [0.15, 0.2) is 41.8 Å². The number of carbonyl (C=O) groups is 1. The molecule has 1 aromatic heterocycles. The summed E-state index contributed by atoms with van der Waals surface area (Å²) in [6, 6.07) is 12.3. The summed E-state index contributed by atoms with van der Waals surface area (Å²) in [6.45, 7) is 0. The van der Waals surface area contributed by atoms with Gasteiger partial charge in [0.05, 0.1) is 6.04 Å². The normalized spacial score (nSPS) is 15.7. The van der Waals surface area contributed by atoms with Crippen LogP contribution in [-0.2, 0) is 0 Å². The Hall–Kier alpha value is -1.81. The van der Waals surface area contributed by atoms with Crippen LogP contribution in [-0.4, -0.2) is 13.0 Å². The fourth-order valence-corrected chi connectivity index (χ4v) is 3.26. The third-order valence-electron chi connectivity index (χ3n) is 3.62. The average molecular weight is 286 g/mol. The van der Waals surface area contributed by atoms with Gasteiger partial charge in [0.25, 0.3) is 5.91 Å². The SMILES string of the molecule is CNC(=O)c1cccc(NC(c2cccs2)C2CC2)c1. The molecule has 1 amide bonds. The molecule has 0 radical (unpaired) electrons. The van der Waals surface area contributed by atoms with Crippen LogP contribution >= 0.6 is 11.3 Å². The zero-order valence-corrected chi connectivity index (χ0v) is 12.2. The maximum Gasteiger partial charge on any atom is 0.251 e. The van der Waals surface area contributed by atoms with Crippen LogP contribution < -0.4 is 10.6 Å². The van der Waals surface area contributed by atoms with Crippen molar-refractivity contribution in [2.75, 3.05) is 12.4 Å². The number of benzene rings is 1. The summed E-state index contributed by atoms with van der Waals surface area (Å²) in [5, 5.41) is 8.37. The van der Waals surface area contributed by atoms with Gasteiger partial charge in [0, 0.05) is 23.2 Å². The molecule has 1 fully saturated rings. The lowest BCUT2D eigenvalue weighted by atomic mass is 10.1. The Morgan fingerprint density at radius 2 is 2.15 bits per heavy atom. The Kier molecular flexibility index (Phi) is 3.74. The van der Waals surface area contributed by atoms with Gasteiger partial charge in [0.1, 0.15) is 0 Å². The summed E-state index contributed by atoms with van der Waals surface area (Å²) >= 11 is 1.79. The van der Waals surface area contributed by atoms with Gasteiger partial charge < -0.3 is 10.6 Å². The Morgan fingerprint density at radius 1 is 1.30 bits per heavy atom.